The molecule has 0 N–H and O–H groups in total. The van der Waals surface area contributed by atoms with Gasteiger partial charge >= 0.3 is 0 Å². The summed E-state index contributed by atoms with van der Waals surface area (Å²) in [4.78, 5) is 17.1. The summed E-state index contributed by atoms with van der Waals surface area (Å²) in [5.41, 5.74) is 2.54. The minimum atomic E-state index is 0.0489. The monoisotopic (exact) mass is 410 g/mol. The van der Waals surface area contributed by atoms with Crippen molar-refractivity contribution < 1.29 is 14.3 Å². The molecule has 5 nitrogen and oxygen atoms in total. The predicted octanol–water partition coefficient (Wildman–Crippen LogP) is 3.79. The van der Waals surface area contributed by atoms with Crippen LogP contribution in [-0.2, 0) is 16.1 Å². The molecule has 0 aromatic heterocycles. The fraction of sp³-hybridized carbons (Fsp3) is 0.480. The molecule has 0 aliphatic carbocycles. The maximum Gasteiger partial charge on any atom is 0.248 e. The molecule has 2 atom stereocenters. The summed E-state index contributed by atoms with van der Waals surface area (Å²) in [6, 6.07) is 19.0. The number of rotatable bonds is 9. The Morgan fingerprint density at radius 3 is 2.43 bits per heavy atom. The summed E-state index contributed by atoms with van der Waals surface area (Å²) in [5, 5.41) is 0. The Morgan fingerprint density at radius 1 is 1.07 bits per heavy atom. The molecule has 5 heteroatoms. The van der Waals surface area contributed by atoms with E-state index in [-0.39, 0.29) is 18.6 Å². The molecule has 2 unspecified atom stereocenters. The van der Waals surface area contributed by atoms with Crippen LogP contribution in [0, 0.1) is 5.92 Å². The van der Waals surface area contributed by atoms with Crippen LogP contribution in [0.25, 0.3) is 0 Å². The summed E-state index contributed by atoms with van der Waals surface area (Å²) in [6.45, 7) is 7.79. The zero-order valence-corrected chi connectivity index (χ0v) is 18.6. The number of hydrogen-bond acceptors (Lipinski definition) is 4. The van der Waals surface area contributed by atoms with Crippen molar-refractivity contribution in [2.45, 2.75) is 32.4 Å². The summed E-state index contributed by atoms with van der Waals surface area (Å²) in [5.74, 6) is 1.61. The number of carbonyl (C=O) groups is 1. The first-order valence-corrected chi connectivity index (χ1v) is 10.7. The van der Waals surface area contributed by atoms with Crippen molar-refractivity contribution >= 4 is 5.91 Å². The summed E-state index contributed by atoms with van der Waals surface area (Å²) in [7, 11) is 3.30. The first-order chi connectivity index (χ1) is 14.5. The van der Waals surface area contributed by atoms with Crippen LogP contribution in [0.3, 0.4) is 0 Å². The van der Waals surface area contributed by atoms with Gasteiger partial charge in [-0.1, -0.05) is 48.5 Å². The highest BCUT2D eigenvalue weighted by Gasteiger charge is 2.37. The number of hydrogen-bond donors (Lipinski definition) is 0. The molecule has 162 valence electrons. The lowest BCUT2D eigenvalue weighted by molar-refractivity contribution is -0.137. The molecule has 1 aliphatic rings. The second-order valence-electron chi connectivity index (χ2n) is 8.36. The summed E-state index contributed by atoms with van der Waals surface area (Å²) >= 11 is 0. The summed E-state index contributed by atoms with van der Waals surface area (Å²) in [6.07, 6.45) is 0. The van der Waals surface area contributed by atoms with E-state index >= 15 is 0 Å². The quantitative estimate of drug-likeness (QED) is 0.631. The summed E-state index contributed by atoms with van der Waals surface area (Å²) < 4.78 is 10.8. The zero-order valence-electron chi connectivity index (χ0n) is 18.6. The van der Waals surface area contributed by atoms with Crippen LogP contribution in [0.15, 0.2) is 54.6 Å². The van der Waals surface area contributed by atoms with Gasteiger partial charge in [-0.15, -0.1) is 0 Å². The van der Waals surface area contributed by atoms with Gasteiger partial charge in [-0.2, -0.15) is 0 Å². The lowest BCUT2D eigenvalue weighted by Gasteiger charge is -2.31. The van der Waals surface area contributed by atoms with Crippen LogP contribution in [0.5, 0.6) is 5.75 Å². The second kappa shape index (κ2) is 10.6. The topological polar surface area (TPSA) is 42.0 Å². The Kier molecular flexibility index (Phi) is 7.88. The number of carbonyl (C=O) groups excluding carboxylic acids is 1. The molecule has 0 radical (unpaired) electrons. The van der Waals surface area contributed by atoms with Crippen LogP contribution < -0.4 is 4.74 Å². The normalized spacial score (nSPS) is 19.2. The van der Waals surface area contributed by atoms with Gasteiger partial charge in [0.1, 0.15) is 12.4 Å². The van der Waals surface area contributed by atoms with Gasteiger partial charge in [0.25, 0.3) is 0 Å². The Hall–Kier alpha value is -2.37. The van der Waals surface area contributed by atoms with E-state index in [1.807, 2.05) is 17.0 Å². The number of para-hydroxylation sites is 1. The first-order valence-electron chi connectivity index (χ1n) is 10.7. The highest BCUT2D eigenvalue weighted by Crippen LogP contribution is 2.38. The van der Waals surface area contributed by atoms with E-state index in [0.717, 1.165) is 25.4 Å². The maximum absolute atomic E-state index is 12.7. The molecule has 30 heavy (non-hydrogen) atoms. The number of benzene rings is 2. The Labute approximate surface area is 180 Å². The molecular formula is C25H34N2O3. The molecular weight excluding hydrogens is 376 g/mol. The molecule has 0 spiro atoms. The predicted molar refractivity (Wildman–Crippen MR) is 120 cm³/mol. The molecule has 1 fully saturated rings. The van der Waals surface area contributed by atoms with Crippen molar-refractivity contribution in [3.8, 4) is 5.75 Å². The van der Waals surface area contributed by atoms with Gasteiger partial charge in [0.15, 0.2) is 0 Å². The van der Waals surface area contributed by atoms with E-state index in [1.54, 1.807) is 14.2 Å². The van der Waals surface area contributed by atoms with Crippen molar-refractivity contribution in [2.24, 2.45) is 5.92 Å². The first kappa shape index (κ1) is 22.3. The van der Waals surface area contributed by atoms with Crippen molar-refractivity contribution in [2.75, 3.05) is 40.5 Å². The highest BCUT2D eigenvalue weighted by atomic mass is 16.5. The SMILES string of the molecule is COCC(=O)N(CC1CN(Cc2ccccc2)CC1c1ccccc1OC)C(C)C. The van der Waals surface area contributed by atoms with Gasteiger partial charge in [0.2, 0.25) is 5.91 Å². The van der Waals surface area contributed by atoms with Crippen LogP contribution in [0.4, 0.5) is 0 Å². The molecule has 0 saturated carbocycles. The van der Waals surface area contributed by atoms with E-state index < -0.39 is 0 Å². The fourth-order valence-corrected chi connectivity index (χ4v) is 4.50. The Balaban J connectivity index is 1.85. The van der Waals surface area contributed by atoms with Crippen LogP contribution in [-0.4, -0.2) is 62.2 Å². The number of methoxy groups -OCH3 is 2. The number of likely N-dealkylation sites (tertiary alicyclic amines) is 1. The lowest BCUT2D eigenvalue weighted by atomic mass is 9.87. The Morgan fingerprint density at radius 2 is 1.77 bits per heavy atom. The largest absolute Gasteiger partial charge is 0.496 e. The van der Waals surface area contributed by atoms with Gasteiger partial charge in [-0.25, -0.2) is 0 Å². The van der Waals surface area contributed by atoms with Gasteiger partial charge in [-0.3, -0.25) is 9.69 Å². The molecule has 1 saturated heterocycles. The molecule has 2 aromatic carbocycles. The van der Waals surface area contributed by atoms with Gasteiger partial charge in [-0.05, 0) is 37.0 Å². The third-order valence-electron chi connectivity index (χ3n) is 5.95. The van der Waals surface area contributed by atoms with Crippen LogP contribution in [0.2, 0.25) is 0 Å². The average molecular weight is 411 g/mol. The van der Waals surface area contributed by atoms with Crippen molar-refractivity contribution in [3.63, 3.8) is 0 Å². The molecule has 1 heterocycles. The molecule has 1 amide bonds. The Bertz CT molecular complexity index is 809. The number of nitrogens with zero attached hydrogens (tertiary/aromatic N) is 2. The van der Waals surface area contributed by atoms with Crippen molar-refractivity contribution in [1.29, 1.82) is 0 Å². The third-order valence-corrected chi connectivity index (χ3v) is 5.95. The van der Waals surface area contributed by atoms with E-state index in [2.05, 4.69) is 61.2 Å². The molecule has 3 rings (SSSR count). The fourth-order valence-electron chi connectivity index (χ4n) is 4.50. The number of amides is 1. The second-order valence-corrected chi connectivity index (χ2v) is 8.36. The van der Waals surface area contributed by atoms with Gasteiger partial charge < -0.3 is 14.4 Å². The van der Waals surface area contributed by atoms with Crippen LogP contribution in [0.1, 0.15) is 30.9 Å². The molecule has 0 bridgehead atoms. The van der Waals surface area contributed by atoms with Crippen molar-refractivity contribution in [1.82, 2.24) is 9.80 Å². The van der Waals surface area contributed by atoms with E-state index in [4.69, 9.17) is 9.47 Å². The third kappa shape index (κ3) is 5.41. The maximum atomic E-state index is 12.7. The molecule has 1 aliphatic heterocycles. The smallest absolute Gasteiger partial charge is 0.248 e. The van der Waals surface area contributed by atoms with E-state index in [9.17, 15) is 4.79 Å². The van der Waals surface area contributed by atoms with E-state index in [1.165, 1.54) is 11.1 Å². The van der Waals surface area contributed by atoms with Crippen LogP contribution >= 0.6 is 0 Å². The standard InChI is InChI=1S/C25H34N2O3/c1-19(2)27(25(28)18-29-3)16-21-15-26(14-20-10-6-5-7-11-20)17-23(21)22-12-8-9-13-24(22)30-4/h5-13,19,21,23H,14-18H2,1-4H3. The number of ether oxygens (including phenoxy) is 2. The zero-order chi connectivity index (χ0) is 21.5. The van der Waals surface area contributed by atoms with Crippen molar-refractivity contribution in [3.05, 3.63) is 65.7 Å². The minimum Gasteiger partial charge on any atom is -0.496 e. The molecule has 2 aromatic rings. The minimum absolute atomic E-state index is 0.0489. The van der Waals surface area contributed by atoms with E-state index in [0.29, 0.717) is 18.4 Å². The lowest BCUT2D eigenvalue weighted by Crippen LogP contribution is -2.43. The van der Waals surface area contributed by atoms with Gasteiger partial charge in [0, 0.05) is 45.2 Å². The van der Waals surface area contributed by atoms with Gasteiger partial charge in [0.05, 0.1) is 7.11 Å². The highest BCUT2D eigenvalue weighted by molar-refractivity contribution is 5.77. The average Bonchev–Trinajstić information content (AvgIpc) is 3.14.